The number of rotatable bonds is 1. The van der Waals surface area contributed by atoms with Crippen LogP contribution < -0.4 is 5.43 Å². The summed E-state index contributed by atoms with van der Waals surface area (Å²) in [5, 5.41) is 10.5. The molecule has 0 saturated carbocycles. The Bertz CT molecular complexity index is 237. The van der Waals surface area contributed by atoms with E-state index in [2.05, 4.69) is 25.7 Å². The van der Waals surface area contributed by atoms with Crippen molar-refractivity contribution in [1.82, 2.24) is 20.6 Å². The molecule has 52 valence electrons. The highest BCUT2D eigenvalue weighted by Gasteiger charge is 2.10. The van der Waals surface area contributed by atoms with Crippen LogP contribution in [0.5, 0.6) is 0 Å². The summed E-state index contributed by atoms with van der Waals surface area (Å²) in [7, 11) is 0. The van der Waals surface area contributed by atoms with Gasteiger partial charge in [0.05, 0.1) is 0 Å². The minimum Gasteiger partial charge on any atom is -0.309 e. The fourth-order valence-corrected chi connectivity index (χ4v) is 0.897. The highest BCUT2D eigenvalue weighted by molar-refractivity contribution is 5.97. The molecule has 0 amide bonds. The first-order chi connectivity index (χ1) is 4.97. The number of nitrogens with zero attached hydrogens (tertiary/aromatic N) is 3. The molecule has 0 aliphatic carbocycles. The van der Waals surface area contributed by atoms with Gasteiger partial charge in [0, 0.05) is 13.0 Å². The number of aromatic nitrogens is 3. The van der Waals surface area contributed by atoms with Gasteiger partial charge in [-0.25, -0.2) is 4.98 Å². The molecule has 1 aliphatic heterocycles. The zero-order valence-corrected chi connectivity index (χ0v) is 5.33. The molecule has 0 saturated heterocycles. The Morgan fingerprint density at radius 1 is 1.50 bits per heavy atom. The second-order valence-electron chi connectivity index (χ2n) is 2.05. The van der Waals surface area contributed by atoms with Gasteiger partial charge in [0.25, 0.3) is 0 Å². The van der Waals surface area contributed by atoms with Gasteiger partial charge in [-0.2, -0.15) is 10.2 Å². The summed E-state index contributed by atoms with van der Waals surface area (Å²) in [5.41, 5.74) is 3.82. The van der Waals surface area contributed by atoms with E-state index in [9.17, 15) is 0 Å². The maximum Gasteiger partial charge on any atom is 0.171 e. The molecule has 2 rings (SSSR count). The first-order valence-corrected chi connectivity index (χ1v) is 3.12. The minimum absolute atomic E-state index is 0.769. The van der Waals surface area contributed by atoms with Crippen molar-refractivity contribution < 1.29 is 0 Å². The minimum atomic E-state index is 0.769. The first-order valence-electron chi connectivity index (χ1n) is 3.12. The molecule has 5 nitrogen and oxygen atoms in total. The Balaban J connectivity index is 2.28. The SMILES string of the molecule is c1n[nH]c(C2=NNCC2)n1. The summed E-state index contributed by atoms with van der Waals surface area (Å²) in [6, 6.07) is 0. The van der Waals surface area contributed by atoms with Gasteiger partial charge in [-0.15, -0.1) is 0 Å². The maximum absolute atomic E-state index is 4.01. The van der Waals surface area contributed by atoms with E-state index in [1.807, 2.05) is 0 Å². The molecule has 0 atom stereocenters. The van der Waals surface area contributed by atoms with Gasteiger partial charge < -0.3 is 5.43 Å². The number of aromatic amines is 1. The summed E-state index contributed by atoms with van der Waals surface area (Å²) in [6.45, 7) is 0.899. The fraction of sp³-hybridized carbons (Fsp3) is 0.400. The number of hydrogen-bond acceptors (Lipinski definition) is 4. The van der Waals surface area contributed by atoms with Crippen LogP contribution in [0.2, 0.25) is 0 Å². The van der Waals surface area contributed by atoms with Gasteiger partial charge in [-0.05, 0) is 0 Å². The van der Waals surface area contributed by atoms with Gasteiger partial charge in [-0.3, -0.25) is 5.10 Å². The van der Waals surface area contributed by atoms with Crippen LogP contribution in [-0.2, 0) is 0 Å². The quantitative estimate of drug-likeness (QED) is 0.548. The average Bonchev–Trinajstić information content (AvgIpc) is 2.59. The normalized spacial score (nSPS) is 16.6. The van der Waals surface area contributed by atoms with Crippen molar-refractivity contribution in [3.8, 4) is 0 Å². The highest BCUT2D eigenvalue weighted by Crippen LogP contribution is 1.99. The Hall–Kier alpha value is -1.39. The third kappa shape index (κ3) is 0.754. The van der Waals surface area contributed by atoms with Crippen molar-refractivity contribution in [3.05, 3.63) is 12.2 Å². The highest BCUT2D eigenvalue weighted by atomic mass is 15.3. The second kappa shape index (κ2) is 2.09. The molecule has 0 unspecified atom stereocenters. The lowest BCUT2D eigenvalue weighted by atomic mass is 10.3. The number of nitrogens with one attached hydrogen (secondary N) is 2. The summed E-state index contributed by atoms with van der Waals surface area (Å²) in [6.07, 6.45) is 2.41. The molecule has 2 N–H and O–H groups in total. The van der Waals surface area contributed by atoms with E-state index in [4.69, 9.17) is 0 Å². The smallest absolute Gasteiger partial charge is 0.171 e. The average molecular weight is 137 g/mol. The second-order valence-corrected chi connectivity index (χ2v) is 2.05. The molecule has 5 heteroatoms. The Labute approximate surface area is 57.6 Å². The summed E-state index contributed by atoms with van der Waals surface area (Å²) < 4.78 is 0. The van der Waals surface area contributed by atoms with Gasteiger partial charge in [0.2, 0.25) is 0 Å². The van der Waals surface area contributed by atoms with Crippen LogP contribution in [0.4, 0.5) is 0 Å². The predicted octanol–water partition coefficient (Wildman–Crippen LogP) is -0.498. The third-order valence-electron chi connectivity index (χ3n) is 1.38. The molecule has 2 heterocycles. The molecule has 0 fully saturated rings. The zero-order chi connectivity index (χ0) is 6.81. The van der Waals surface area contributed by atoms with Crippen molar-refractivity contribution in [2.24, 2.45) is 5.10 Å². The van der Waals surface area contributed by atoms with E-state index in [1.165, 1.54) is 6.33 Å². The van der Waals surface area contributed by atoms with Gasteiger partial charge in [0.1, 0.15) is 12.0 Å². The van der Waals surface area contributed by atoms with E-state index >= 15 is 0 Å². The van der Waals surface area contributed by atoms with Gasteiger partial charge in [0.15, 0.2) is 5.82 Å². The molecule has 10 heavy (non-hydrogen) atoms. The maximum atomic E-state index is 4.01. The van der Waals surface area contributed by atoms with Crippen molar-refractivity contribution in [2.75, 3.05) is 6.54 Å². The fourth-order valence-electron chi connectivity index (χ4n) is 0.897. The molecule has 1 aromatic rings. The largest absolute Gasteiger partial charge is 0.309 e. The van der Waals surface area contributed by atoms with E-state index in [1.54, 1.807) is 0 Å². The van der Waals surface area contributed by atoms with Crippen molar-refractivity contribution >= 4 is 5.71 Å². The molecular formula is C5H7N5. The summed E-state index contributed by atoms with van der Waals surface area (Å²) >= 11 is 0. The van der Waals surface area contributed by atoms with Crippen LogP contribution in [0.15, 0.2) is 11.4 Å². The summed E-state index contributed by atoms with van der Waals surface area (Å²) in [5.74, 6) is 0.769. The lowest BCUT2D eigenvalue weighted by Gasteiger charge is -1.87. The lowest BCUT2D eigenvalue weighted by Crippen LogP contribution is -1.99. The third-order valence-corrected chi connectivity index (χ3v) is 1.38. The molecule has 0 radical (unpaired) electrons. The number of hydrogen-bond donors (Lipinski definition) is 2. The molecular weight excluding hydrogens is 130 g/mol. The van der Waals surface area contributed by atoms with Gasteiger partial charge in [-0.1, -0.05) is 0 Å². The van der Waals surface area contributed by atoms with E-state index in [0.717, 1.165) is 24.5 Å². The molecule has 1 aromatic heterocycles. The van der Waals surface area contributed by atoms with Crippen LogP contribution in [0, 0.1) is 0 Å². The number of hydrazone groups is 1. The van der Waals surface area contributed by atoms with Crippen LogP contribution in [0.1, 0.15) is 12.2 Å². The van der Waals surface area contributed by atoms with E-state index in [-0.39, 0.29) is 0 Å². The Kier molecular flexibility index (Phi) is 1.13. The standard InChI is InChI=1S/C5H7N5/c1-2-7-9-4(1)5-6-3-8-10-5/h3,7H,1-2H2,(H,6,8,10). The topological polar surface area (TPSA) is 66.0 Å². The van der Waals surface area contributed by atoms with Crippen molar-refractivity contribution in [1.29, 1.82) is 0 Å². The summed E-state index contributed by atoms with van der Waals surface area (Å²) in [4.78, 5) is 3.96. The van der Waals surface area contributed by atoms with E-state index < -0.39 is 0 Å². The molecule has 0 spiro atoms. The Morgan fingerprint density at radius 2 is 2.50 bits per heavy atom. The van der Waals surface area contributed by atoms with Crippen molar-refractivity contribution in [2.45, 2.75) is 6.42 Å². The van der Waals surface area contributed by atoms with Crippen LogP contribution in [0.25, 0.3) is 0 Å². The molecule has 0 aromatic carbocycles. The van der Waals surface area contributed by atoms with Crippen LogP contribution >= 0.6 is 0 Å². The monoisotopic (exact) mass is 137 g/mol. The van der Waals surface area contributed by atoms with Crippen LogP contribution in [-0.4, -0.2) is 27.4 Å². The number of H-pyrrole nitrogens is 1. The first kappa shape index (κ1) is 5.40. The Morgan fingerprint density at radius 3 is 3.10 bits per heavy atom. The zero-order valence-electron chi connectivity index (χ0n) is 5.33. The lowest BCUT2D eigenvalue weighted by molar-refractivity contribution is 0.813. The van der Waals surface area contributed by atoms with Crippen LogP contribution in [0.3, 0.4) is 0 Å². The predicted molar refractivity (Wildman–Crippen MR) is 35.5 cm³/mol. The van der Waals surface area contributed by atoms with E-state index in [0.29, 0.717) is 0 Å². The molecule has 0 bridgehead atoms. The molecule has 1 aliphatic rings. The van der Waals surface area contributed by atoms with Crippen molar-refractivity contribution in [3.63, 3.8) is 0 Å². The van der Waals surface area contributed by atoms with Gasteiger partial charge >= 0.3 is 0 Å².